The Labute approximate surface area is 202 Å². The minimum Gasteiger partial charge on any atom is -0.376 e. The van der Waals surface area contributed by atoms with Gasteiger partial charge in [0, 0.05) is 16.4 Å². The van der Waals surface area contributed by atoms with E-state index in [9.17, 15) is 9.59 Å². The summed E-state index contributed by atoms with van der Waals surface area (Å²) in [6.45, 7) is 3.75. The molecule has 0 atom stereocenters. The number of halogens is 1. The summed E-state index contributed by atoms with van der Waals surface area (Å²) in [5.74, 6) is -0.534. The molecule has 4 rings (SSSR count). The van der Waals surface area contributed by atoms with Gasteiger partial charge >= 0.3 is 0 Å². The van der Waals surface area contributed by atoms with Gasteiger partial charge in [0.2, 0.25) is 5.91 Å². The molecule has 2 amide bonds. The van der Waals surface area contributed by atoms with Crippen molar-refractivity contribution in [2.45, 2.75) is 13.8 Å². The molecule has 4 aromatic rings. The summed E-state index contributed by atoms with van der Waals surface area (Å²) >= 11 is 5.91. The van der Waals surface area contributed by atoms with Gasteiger partial charge in [0.15, 0.2) is 0 Å². The van der Waals surface area contributed by atoms with Gasteiger partial charge < -0.3 is 16.0 Å². The number of nitrogens with zero attached hydrogens (tertiary/aromatic N) is 2. The third-order valence-electron chi connectivity index (χ3n) is 5.27. The molecule has 8 heteroatoms. The van der Waals surface area contributed by atoms with Crippen molar-refractivity contribution in [3.63, 3.8) is 0 Å². The summed E-state index contributed by atoms with van der Waals surface area (Å²) in [6.07, 6.45) is 0. The molecular weight excluding hydrogens is 450 g/mol. The number of nitrogens with one attached hydrogen (secondary N) is 3. The lowest BCUT2D eigenvalue weighted by Gasteiger charge is -2.13. The van der Waals surface area contributed by atoms with Gasteiger partial charge in [-0.2, -0.15) is 5.10 Å². The van der Waals surface area contributed by atoms with Crippen molar-refractivity contribution in [1.29, 1.82) is 0 Å². The van der Waals surface area contributed by atoms with Crippen LogP contribution in [0.4, 0.5) is 17.1 Å². The maximum atomic E-state index is 12.8. The lowest BCUT2D eigenvalue weighted by molar-refractivity contribution is -0.114. The quantitative estimate of drug-likeness (QED) is 0.333. The molecular formula is C26H24ClN5O2. The highest BCUT2D eigenvalue weighted by atomic mass is 35.5. The molecule has 0 aliphatic rings. The van der Waals surface area contributed by atoms with Gasteiger partial charge in [0.25, 0.3) is 5.91 Å². The van der Waals surface area contributed by atoms with Gasteiger partial charge in [-0.05, 0) is 62.4 Å². The molecule has 0 unspecified atom stereocenters. The first-order valence-electron chi connectivity index (χ1n) is 10.7. The molecule has 1 aromatic heterocycles. The van der Waals surface area contributed by atoms with E-state index in [1.165, 1.54) is 0 Å². The molecule has 172 valence electrons. The molecule has 0 aliphatic carbocycles. The first kappa shape index (κ1) is 23.1. The van der Waals surface area contributed by atoms with E-state index >= 15 is 0 Å². The van der Waals surface area contributed by atoms with Crippen LogP contribution in [0.2, 0.25) is 5.02 Å². The van der Waals surface area contributed by atoms with Crippen LogP contribution < -0.4 is 16.0 Å². The van der Waals surface area contributed by atoms with E-state index < -0.39 is 0 Å². The zero-order valence-corrected chi connectivity index (χ0v) is 19.6. The number of hydrogen-bond donors (Lipinski definition) is 3. The molecule has 0 bridgehead atoms. The number of carbonyl (C=O) groups is 2. The Kier molecular flexibility index (Phi) is 6.94. The second kappa shape index (κ2) is 10.2. The van der Waals surface area contributed by atoms with Gasteiger partial charge in [0.05, 0.1) is 34.9 Å². The van der Waals surface area contributed by atoms with Crippen LogP contribution >= 0.6 is 11.6 Å². The average Bonchev–Trinajstić information content (AvgIpc) is 3.13. The van der Waals surface area contributed by atoms with Crippen molar-refractivity contribution in [3.05, 3.63) is 101 Å². The van der Waals surface area contributed by atoms with Crippen molar-refractivity contribution < 1.29 is 9.59 Å². The Morgan fingerprint density at radius 1 is 0.882 bits per heavy atom. The highest BCUT2D eigenvalue weighted by Gasteiger charge is 2.16. The molecule has 0 saturated heterocycles. The highest BCUT2D eigenvalue weighted by Crippen LogP contribution is 2.23. The summed E-state index contributed by atoms with van der Waals surface area (Å²) in [7, 11) is 0. The Morgan fingerprint density at radius 3 is 2.29 bits per heavy atom. The molecule has 0 radical (unpaired) electrons. The van der Waals surface area contributed by atoms with E-state index in [4.69, 9.17) is 11.6 Å². The molecule has 34 heavy (non-hydrogen) atoms. The minimum atomic E-state index is -0.290. The van der Waals surface area contributed by atoms with Crippen LogP contribution in [0.1, 0.15) is 21.7 Å². The van der Waals surface area contributed by atoms with Crippen LogP contribution in [0.15, 0.2) is 78.9 Å². The number of carbonyl (C=O) groups excluding carboxylic acids is 2. The third kappa shape index (κ3) is 5.27. The van der Waals surface area contributed by atoms with E-state index in [0.29, 0.717) is 27.6 Å². The summed E-state index contributed by atoms with van der Waals surface area (Å²) in [4.78, 5) is 25.5. The number of aromatic nitrogens is 2. The summed E-state index contributed by atoms with van der Waals surface area (Å²) < 4.78 is 1.80. The summed E-state index contributed by atoms with van der Waals surface area (Å²) in [5, 5.41) is 14.0. The van der Waals surface area contributed by atoms with Crippen LogP contribution in [0.25, 0.3) is 5.69 Å². The zero-order valence-electron chi connectivity index (χ0n) is 18.8. The van der Waals surface area contributed by atoms with Gasteiger partial charge in [-0.3, -0.25) is 9.59 Å². The summed E-state index contributed by atoms with van der Waals surface area (Å²) in [5.41, 5.74) is 4.75. The van der Waals surface area contributed by atoms with Gasteiger partial charge in [-0.25, -0.2) is 4.68 Å². The fourth-order valence-electron chi connectivity index (χ4n) is 3.57. The molecule has 3 N–H and O–H groups in total. The lowest BCUT2D eigenvalue weighted by atomic mass is 10.1. The highest BCUT2D eigenvalue weighted by molar-refractivity contribution is 6.30. The smallest absolute Gasteiger partial charge is 0.257 e. The van der Waals surface area contributed by atoms with Crippen LogP contribution in [-0.2, 0) is 4.79 Å². The third-order valence-corrected chi connectivity index (χ3v) is 5.52. The van der Waals surface area contributed by atoms with Crippen LogP contribution in [0, 0.1) is 13.8 Å². The van der Waals surface area contributed by atoms with Crippen LogP contribution in [0.5, 0.6) is 0 Å². The predicted octanol–water partition coefficient (Wildman–Crippen LogP) is 5.45. The number of rotatable bonds is 7. The monoisotopic (exact) mass is 473 g/mol. The molecule has 0 fully saturated rings. The Bertz CT molecular complexity index is 1320. The minimum absolute atomic E-state index is 0.0133. The number of amides is 2. The van der Waals surface area contributed by atoms with Crippen molar-refractivity contribution in [3.8, 4) is 5.69 Å². The van der Waals surface area contributed by atoms with E-state index in [-0.39, 0.29) is 18.4 Å². The van der Waals surface area contributed by atoms with E-state index in [1.807, 2.05) is 44.2 Å². The van der Waals surface area contributed by atoms with Crippen LogP contribution in [-0.4, -0.2) is 28.1 Å². The molecule has 3 aromatic carbocycles. The summed E-state index contributed by atoms with van der Waals surface area (Å²) in [6, 6.07) is 23.6. The number of hydrogen-bond acceptors (Lipinski definition) is 4. The second-order valence-electron chi connectivity index (χ2n) is 7.70. The van der Waals surface area contributed by atoms with Gasteiger partial charge in [0.1, 0.15) is 0 Å². The average molecular weight is 474 g/mol. The molecule has 0 spiro atoms. The normalized spacial score (nSPS) is 10.6. The Hall–Kier alpha value is -4.10. The Balaban J connectivity index is 1.43. The first-order valence-corrected chi connectivity index (χ1v) is 11.1. The largest absolute Gasteiger partial charge is 0.376 e. The first-order chi connectivity index (χ1) is 16.4. The Morgan fingerprint density at radius 2 is 1.56 bits per heavy atom. The number of benzene rings is 3. The van der Waals surface area contributed by atoms with Crippen molar-refractivity contribution in [2.75, 3.05) is 22.5 Å². The van der Waals surface area contributed by atoms with Crippen molar-refractivity contribution in [2.24, 2.45) is 0 Å². The number of aryl methyl sites for hydroxylation is 1. The predicted molar refractivity (Wildman–Crippen MR) is 136 cm³/mol. The van der Waals surface area contributed by atoms with E-state index in [0.717, 1.165) is 17.1 Å². The molecule has 7 nitrogen and oxygen atoms in total. The topological polar surface area (TPSA) is 88.1 Å². The second-order valence-corrected chi connectivity index (χ2v) is 8.14. The molecule has 1 heterocycles. The maximum absolute atomic E-state index is 12.8. The van der Waals surface area contributed by atoms with Gasteiger partial charge in [-0.1, -0.05) is 41.9 Å². The van der Waals surface area contributed by atoms with Gasteiger partial charge in [-0.15, -0.1) is 0 Å². The zero-order chi connectivity index (χ0) is 24.1. The standard InChI is InChI=1S/C26H24ClN5O2/c1-17-25(18(2)32(31-17)21-8-4-3-5-9-21)30-24(33)16-28-23-11-7-6-10-22(23)26(34)29-20-14-12-19(27)13-15-20/h3-15,28H,16H2,1-2H3,(H,29,34)(H,30,33). The van der Waals surface area contributed by atoms with Crippen molar-refractivity contribution in [1.82, 2.24) is 9.78 Å². The molecule has 0 saturated carbocycles. The van der Waals surface area contributed by atoms with Crippen molar-refractivity contribution >= 4 is 40.5 Å². The maximum Gasteiger partial charge on any atom is 0.257 e. The van der Waals surface area contributed by atoms with E-state index in [1.54, 1.807) is 53.2 Å². The lowest BCUT2D eigenvalue weighted by Crippen LogP contribution is -2.24. The molecule has 0 aliphatic heterocycles. The van der Waals surface area contributed by atoms with E-state index in [2.05, 4.69) is 21.0 Å². The number of para-hydroxylation sites is 2. The fraction of sp³-hybridized carbons (Fsp3) is 0.115. The fourth-order valence-corrected chi connectivity index (χ4v) is 3.70. The SMILES string of the molecule is Cc1nn(-c2ccccc2)c(C)c1NC(=O)CNc1ccccc1C(=O)Nc1ccc(Cl)cc1. The number of anilines is 3. The van der Waals surface area contributed by atoms with Crippen LogP contribution in [0.3, 0.4) is 0 Å².